The molecule has 0 unspecified atom stereocenters. The van der Waals surface area contributed by atoms with E-state index >= 15 is 0 Å². The molecule has 3 aromatic rings. The van der Waals surface area contributed by atoms with E-state index in [4.69, 9.17) is 0 Å². The fourth-order valence-electron chi connectivity index (χ4n) is 2.73. The minimum atomic E-state index is -3.86. The number of rotatable bonds is 7. The van der Waals surface area contributed by atoms with Gasteiger partial charge >= 0.3 is 0 Å². The van der Waals surface area contributed by atoms with Crippen molar-refractivity contribution in [2.45, 2.75) is 28.0 Å². The predicted molar refractivity (Wildman–Crippen MR) is 106 cm³/mol. The molecule has 0 aliphatic rings. The molecule has 0 saturated carbocycles. The number of benzene rings is 2. The van der Waals surface area contributed by atoms with Crippen molar-refractivity contribution in [1.82, 2.24) is 9.71 Å². The fraction of sp³-hybridized carbons (Fsp3) is 0.150. The van der Waals surface area contributed by atoms with Crippen LogP contribution in [0.5, 0.6) is 0 Å². The zero-order valence-corrected chi connectivity index (χ0v) is 16.9. The summed E-state index contributed by atoms with van der Waals surface area (Å²) in [6.45, 7) is 1.83. The molecule has 3 rings (SSSR count). The van der Waals surface area contributed by atoms with Crippen LogP contribution in [0.1, 0.15) is 11.1 Å². The number of pyridine rings is 1. The second kappa shape index (κ2) is 8.22. The lowest BCUT2D eigenvalue weighted by molar-refractivity contribution is 0.580. The van der Waals surface area contributed by atoms with Crippen molar-refractivity contribution in [2.75, 3.05) is 6.54 Å². The SMILES string of the molecule is Cc1ccc(S(=O)(=O)c2ccccc2)cc1S(=O)(=O)NCCc1ccncc1. The molecule has 8 heteroatoms. The molecule has 0 bridgehead atoms. The van der Waals surface area contributed by atoms with Gasteiger partial charge in [-0.25, -0.2) is 21.6 Å². The van der Waals surface area contributed by atoms with Crippen molar-refractivity contribution in [3.05, 3.63) is 84.2 Å². The van der Waals surface area contributed by atoms with E-state index in [9.17, 15) is 16.8 Å². The van der Waals surface area contributed by atoms with Gasteiger partial charge < -0.3 is 0 Å². The Balaban J connectivity index is 1.86. The van der Waals surface area contributed by atoms with Crippen LogP contribution in [0.15, 0.2) is 87.7 Å². The molecule has 0 atom stereocenters. The Labute approximate surface area is 165 Å². The third-order valence-corrected chi connectivity index (χ3v) is 7.64. The highest BCUT2D eigenvalue weighted by molar-refractivity contribution is 7.91. The van der Waals surface area contributed by atoms with E-state index in [1.807, 2.05) is 12.1 Å². The average molecular weight is 417 g/mol. The summed E-state index contributed by atoms with van der Waals surface area (Å²) in [7, 11) is -7.66. The lowest BCUT2D eigenvalue weighted by Crippen LogP contribution is -2.27. The monoisotopic (exact) mass is 416 g/mol. The summed E-state index contributed by atoms with van der Waals surface area (Å²) in [6.07, 6.45) is 3.79. The van der Waals surface area contributed by atoms with Gasteiger partial charge in [-0.1, -0.05) is 24.3 Å². The van der Waals surface area contributed by atoms with Crippen LogP contribution in [0.2, 0.25) is 0 Å². The first-order valence-electron chi connectivity index (χ1n) is 8.60. The molecule has 0 fully saturated rings. The quantitative estimate of drug-likeness (QED) is 0.639. The molecule has 2 aromatic carbocycles. The number of sulfonamides is 1. The highest BCUT2D eigenvalue weighted by Crippen LogP contribution is 2.25. The van der Waals surface area contributed by atoms with Gasteiger partial charge in [-0.15, -0.1) is 0 Å². The van der Waals surface area contributed by atoms with Gasteiger partial charge in [0.15, 0.2) is 0 Å². The zero-order chi connectivity index (χ0) is 20.2. The standard InChI is InChI=1S/C20H20N2O4S2/c1-16-7-8-19(27(23,24)18-5-3-2-4-6-18)15-20(16)28(25,26)22-14-11-17-9-12-21-13-10-17/h2-10,12-13,15,22H,11,14H2,1H3. The summed E-state index contributed by atoms with van der Waals surface area (Å²) >= 11 is 0. The number of hydrogen-bond acceptors (Lipinski definition) is 5. The summed E-state index contributed by atoms with van der Waals surface area (Å²) in [5.41, 5.74) is 1.43. The lowest BCUT2D eigenvalue weighted by atomic mass is 10.2. The number of aryl methyl sites for hydroxylation is 1. The third-order valence-electron chi connectivity index (χ3n) is 4.27. The second-order valence-electron chi connectivity index (χ2n) is 6.25. The van der Waals surface area contributed by atoms with Crippen LogP contribution in [0.4, 0.5) is 0 Å². The van der Waals surface area contributed by atoms with E-state index < -0.39 is 19.9 Å². The van der Waals surface area contributed by atoms with Gasteiger partial charge in [0.2, 0.25) is 19.9 Å². The van der Waals surface area contributed by atoms with Crippen molar-refractivity contribution in [3.63, 3.8) is 0 Å². The van der Waals surface area contributed by atoms with Crippen molar-refractivity contribution in [3.8, 4) is 0 Å². The average Bonchev–Trinajstić information content (AvgIpc) is 2.69. The molecule has 1 heterocycles. The van der Waals surface area contributed by atoms with E-state index in [0.717, 1.165) is 5.56 Å². The normalized spacial score (nSPS) is 12.0. The number of nitrogens with one attached hydrogen (secondary N) is 1. The van der Waals surface area contributed by atoms with Crippen molar-refractivity contribution < 1.29 is 16.8 Å². The summed E-state index contributed by atoms with van der Waals surface area (Å²) in [6, 6.07) is 15.7. The van der Waals surface area contributed by atoms with Gasteiger partial charge in [-0.05, 0) is 60.9 Å². The number of hydrogen-bond donors (Lipinski definition) is 1. The molecule has 0 saturated heterocycles. The molecule has 0 aliphatic carbocycles. The Hall–Kier alpha value is -2.55. The lowest BCUT2D eigenvalue weighted by Gasteiger charge is -2.12. The van der Waals surface area contributed by atoms with Gasteiger partial charge in [0.05, 0.1) is 14.7 Å². The predicted octanol–water partition coefficient (Wildman–Crippen LogP) is 2.74. The molecular formula is C20H20N2O4S2. The summed E-state index contributed by atoms with van der Waals surface area (Å²) in [5, 5.41) is 0. The van der Waals surface area contributed by atoms with Gasteiger partial charge in [0.1, 0.15) is 0 Å². The van der Waals surface area contributed by atoms with Crippen molar-refractivity contribution in [2.24, 2.45) is 0 Å². The van der Waals surface area contributed by atoms with Crippen LogP contribution < -0.4 is 4.72 Å². The topological polar surface area (TPSA) is 93.2 Å². The van der Waals surface area contributed by atoms with E-state index in [1.165, 1.54) is 30.3 Å². The first-order chi connectivity index (χ1) is 13.3. The molecule has 6 nitrogen and oxygen atoms in total. The van der Waals surface area contributed by atoms with Crippen molar-refractivity contribution >= 4 is 19.9 Å². The highest BCUT2D eigenvalue weighted by Gasteiger charge is 2.23. The summed E-state index contributed by atoms with van der Waals surface area (Å²) in [5.74, 6) is 0. The summed E-state index contributed by atoms with van der Waals surface area (Å²) < 4.78 is 53.6. The van der Waals surface area contributed by atoms with E-state index in [-0.39, 0.29) is 21.2 Å². The van der Waals surface area contributed by atoms with Crippen LogP contribution in [-0.4, -0.2) is 28.4 Å². The Kier molecular flexibility index (Phi) is 5.93. The van der Waals surface area contributed by atoms with E-state index in [1.54, 1.807) is 37.5 Å². The molecule has 0 amide bonds. The Morgan fingerprint density at radius 3 is 2.21 bits per heavy atom. The number of sulfone groups is 1. The van der Waals surface area contributed by atoms with Crippen molar-refractivity contribution in [1.29, 1.82) is 0 Å². The maximum Gasteiger partial charge on any atom is 0.240 e. The second-order valence-corrected chi connectivity index (χ2v) is 9.93. The Morgan fingerprint density at radius 1 is 0.857 bits per heavy atom. The largest absolute Gasteiger partial charge is 0.265 e. The molecule has 1 aromatic heterocycles. The molecule has 0 aliphatic heterocycles. The smallest absolute Gasteiger partial charge is 0.240 e. The molecular weight excluding hydrogens is 396 g/mol. The zero-order valence-electron chi connectivity index (χ0n) is 15.2. The third kappa shape index (κ3) is 4.46. The Morgan fingerprint density at radius 2 is 1.54 bits per heavy atom. The number of aromatic nitrogens is 1. The molecule has 1 N–H and O–H groups in total. The Bertz CT molecular complexity index is 1160. The van der Waals surface area contributed by atoms with Crippen LogP contribution in [0, 0.1) is 6.92 Å². The fourth-order valence-corrected chi connectivity index (χ4v) is 5.41. The van der Waals surface area contributed by atoms with Gasteiger partial charge in [0.25, 0.3) is 0 Å². The summed E-state index contributed by atoms with van der Waals surface area (Å²) in [4.78, 5) is 3.94. The molecule has 146 valence electrons. The van der Waals surface area contributed by atoms with Crippen LogP contribution in [0.3, 0.4) is 0 Å². The van der Waals surface area contributed by atoms with Gasteiger partial charge in [-0.2, -0.15) is 0 Å². The van der Waals surface area contributed by atoms with Gasteiger partial charge in [0, 0.05) is 18.9 Å². The number of nitrogens with zero attached hydrogens (tertiary/aromatic N) is 1. The molecule has 0 spiro atoms. The molecule has 0 radical (unpaired) electrons. The van der Waals surface area contributed by atoms with E-state index in [0.29, 0.717) is 12.0 Å². The first kappa shape index (κ1) is 20.2. The molecule has 28 heavy (non-hydrogen) atoms. The van der Waals surface area contributed by atoms with Crippen LogP contribution in [0.25, 0.3) is 0 Å². The van der Waals surface area contributed by atoms with Crippen LogP contribution >= 0.6 is 0 Å². The van der Waals surface area contributed by atoms with Crippen LogP contribution in [-0.2, 0) is 26.3 Å². The highest BCUT2D eigenvalue weighted by atomic mass is 32.2. The minimum absolute atomic E-state index is 0.0424. The maximum atomic E-state index is 12.8. The van der Waals surface area contributed by atoms with E-state index in [2.05, 4.69) is 9.71 Å². The van der Waals surface area contributed by atoms with Gasteiger partial charge in [-0.3, -0.25) is 4.98 Å². The maximum absolute atomic E-state index is 12.8. The first-order valence-corrected chi connectivity index (χ1v) is 11.6. The minimum Gasteiger partial charge on any atom is -0.265 e.